The van der Waals surface area contributed by atoms with E-state index < -0.39 is 0 Å². The maximum Gasteiger partial charge on any atom is 0.110 e. The van der Waals surface area contributed by atoms with E-state index in [0.717, 1.165) is 31.6 Å². The number of nitrogens with two attached hydrogens (primary N) is 1. The van der Waals surface area contributed by atoms with Gasteiger partial charge in [-0.05, 0) is 24.5 Å². The van der Waals surface area contributed by atoms with Crippen LogP contribution in [0, 0.1) is 0 Å². The standard InChI is InChI=1S/C14H20N4/c1-2-7-18-8-6-17-14(18)10-13(15)9-12-4-3-5-16-11-12/h3-6,8,11,13H,2,7,9-10,15H2,1H3. The second-order valence-electron chi connectivity index (χ2n) is 4.57. The summed E-state index contributed by atoms with van der Waals surface area (Å²) in [5, 5.41) is 0. The van der Waals surface area contributed by atoms with Crippen LogP contribution in [-0.4, -0.2) is 20.6 Å². The summed E-state index contributed by atoms with van der Waals surface area (Å²) in [5.74, 6) is 1.08. The van der Waals surface area contributed by atoms with Gasteiger partial charge < -0.3 is 10.3 Å². The average molecular weight is 244 g/mol. The zero-order chi connectivity index (χ0) is 12.8. The number of hydrogen-bond acceptors (Lipinski definition) is 3. The van der Waals surface area contributed by atoms with Crippen molar-refractivity contribution in [2.24, 2.45) is 5.73 Å². The first kappa shape index (κ1) is 12.8. The van der Waals surface area contributed by atoms with Gasteiger partial charge in [0.15, 0.2) is 0 Å². The molecule has 1 unspecified atom stereocenters. The molecule has 1 atom stereocenters. The van der Waals surface area contributed by atoms with Crippen molar-refractivity contribution in [1.82, 2.24) is 14.5 Å². The molecule has 0 aliphatic rings. The van der Waals surface area contributed by atoms with Gasteiger partial charge in [0.1, 0.15) is 5.82 Å². The highest BCUT2D eigenvalue weighted by Crippen LogP contribution is 2.06. The maximum absolute atomic E-state index is 6.18. The predicted octanol–water partition coefficient (Wildman–Crippen LogP) is 1.80. The van der Waals surface area contributed by atoms with Crippen molar-refractivity contribution in [3.8, 4) is 0 Å². The Hall–Kier alpha value is -1.68. The fourth-order valence-corrected chi connectivity index (χ4v) is 2.10. The summed E-state index contributed by atoms with van der Waals surface area (Å²) < 4.78 is 2.18. The first-order valence-electron chi connectivity index (χ1n) is 6.44. The van der Waals surface area contributed by atoms with Gasteiger partial charge in [-0.3, -0.25) is 4.98 Å². The lowest BCUT2D eigenvalue weighted by Gasteiger charge is -2.12. The average Bonchev–Trinajstić information content (AvgIpc) is 2.78. The van der Waals surface area contributed by atoms with Crippen LogP contribution in [0.15, 0.2) is 36.9 Å². The van der Waals surface area contributed by atoms with E-state index in [2.05, 4.69) is 27.5 Å². The van der Waals surface area contributed by atoms with Crippen LogP contribution in [0.4, 0.5) is 0 Å². The lowest BCUT2D eigenvalue weighted by atomic mass is 10.1. The summed E-state index contributed by atoms with van der Waals surface area (Å²) in [4.78, 5) is 8.49. The highest BCUT2D eigenvalue weighted by molar-refractivity contribution is 5.11. The molecule has 4 heteroatoms. The number of imidazole rings is 1. The SMILES string of the molecule is CCCn1ccnc1CC(N)Cc1cccnc1. The molecule has 2 N–H and O–H groups in total. The number of aryl methyl sites for hydroxylation is 1. The molecule has 2 aromatic rings. The Balaban J connectivity index is 1.94. The Labute approximate surface area is 108 Å². The van der Waals surface area contributed by atoms with E-state index in [-0.39, 0.29) is 6.04 Å². The molecule has 2 heterocycles. The van der Waals surface area contributed by atoms with Crippen LogP contribution in [-0.2, 0) is 19.4 Å². The zero-order valence-corrected chi connectivity index (χ0v) is 10.8. The lowest BCUT2D eigenvalue weighted by molar-refractivity contribution is 0.581. The van der Waals surface area contributed by atoms with Crippen molar-refractivity contribution < 1.29 is 0 Å². The number of hydrogen-bond donors (Lipinski definition) is 1. The Morgan fingerprint density at radius 2 is 2.22 bits per heavy atom. The summed E-state index contributed by atoms with van der Waals surface area (Å²) in [7, 11) is 0. The first-order valence-corrected chi connectivity index (χ1v) is 6.44. The molecule has 0 amide bonds. The highest BCUT2D eigenvalue weighted by atomic mass is 15.1. The normalized spacial score (nSPS) is 12.6. The summed E-state index contributed by atoms with van der Waals surface area (Å²) in [6, 6.07) is 4.10. The molecular weight excluding hydrogens is 224 g/mol. The summed E-state index contributed by atoms with van der Waals surface area (Å²) >= 11 is 0. The second-order valence-corrected chi connectivity index (χ2v) is 4.57. The Bertz CT molecular complexity index is 464. The van der Waals surface area contributed by atoms with Gasteiger partial charge in [0.05, 0.1) is 0 Å². The molecule has 0 aromatic carbocycles. The van der Waals surface area contributed by atoms with E-state index in [1.165, 1.54) is 5.56 Å². The summed E-state index contributed by atoms with van der Waals surface area (Å²) in [5.41, 5.74) is 7.36. The van der Waals surface area contributed by atoms with Gasteiger partial charge in [0.2, 0.25) is 0 Å². The van der Waals surface area contributed by atoms with Crippen molar-refractivity contribution in [3.05, 3.63) is 48.3 Å². The van der Waals surface area contributed by atoms with Crippen molar-refractivity contribution in [2.75, 3.05) is 0 Å². The Morgan fingerprint density at radius 3 is 2.94 bits per heavy atom. The summed E-state index contributed by atoms with van der Waals surface area (Å²) in [6.45, 7) is 3.17. The monoisotopic (exact) mass is 244 g/mol. The van der Waals surface area contributed by atoms with Crippen molar-refractivity contribution >= 4 is 0 Å². The number of aromatic nitrogens is 3. The molecule has 0 aliphatic carbocycles. The molecule has 0 bridgehead atoms. The number of pyridine rings is 1. The van der Waals surface area contributed by atoms with E-state index in [4.69, 9.17) is 5.73 Å². The molecule has 18 heavy (non-hydrogen) atoms. The van der Waals surface area contributed by atoms with Gasteiger partial charge in [-0.2, -0.15) is 0 Å². The van der Waals surface area contributed by atoms with Crippen LogP contribution >= 0.6 is 0 Å². The molecule has 0 spiro atoms. The van der Waals surface area contributed by atoms with Crippen molar-refractivity contribution in [2.45, 2.75) is 38.8 Å². The fraction of sp³-hybridized carbons (Fsp3) is 0.429. The second kappa shape index (κ2) is 6.31. The quantitative estimate of drug-likeness (QED) is 0.843. The van der Waals surface area contributed by atoms with Gasteiger partial charge in [0, 0.05) is 43.8 Å². The third-order valence-corrected chi connectivity index (χ3v) is 2.93. The largest absolute Gasteiger partial charge is 0.335 e. The highest BCUT2D eigenvalue weighted by Gasteiger charge is 2.09. The smallest absolute Gasteiger partial charge is 0.110 e. The van der Waals surface area contributed by atoms with Crippen LogP contribution < -0.4 is 5.73 Å². The molecule has 0 radical (unpaired) electrons. The molecule has 0 fully saturated rings. The summed E-state index contributed by atoms with van der Waals surface area (Å²) in [6.07, 6.45) is 10.3. The minimum atomic E-state index is 0.0900. The van der Waals surface area contributed by atoms with E-state index in [9.17, 15) is 0 Å². The van der Waals surface area contributed by atoms with Crippen molar-refractivity contribution in [3.63, 3.8) is 0 Å². The molecule has 96 valence electrons. The zero-order valence-electron chi connectivity index (χ0n) is 10.8. The third kappa shape index (κ3) is 3.40. The molecule has 0 aliphatic heterocycles. The topological polar surface area (TPSA) is 56.7 Å². The minimum absolute atomic E-state index is 0.0900. The number of nitrogens with zero attached hydrogens (tertiary/aromatic N) is 3. The van der Waals surface area contributed by atoms with Crippen LogP contribution in [0.5, 0.6) is 0 Å². The van der Waals surface area contributed by atoms with E-state index in [1.807, 2.05) is 24.7 Å². The van der Waals surface area contributed by atoms with Crippen LogP contribution in [0.25, 0.3) is 0 Å². The van der Waals surface area contributed by atoms with E-state index >= 15 is 0 Å². The molecule has 0 saturated heterocycles. The van der Waals surface area contributed by atoms with Gasteiger partial charge in [-0.1, -0.05) is 13.0 Å². The number of rotatable bonds is 6. The van der Waals surface area contributed by atoms with E-state index in [1.54, 1.807) is 6.20 Å². The van der Waals surface area contributed by atoms with Gasteiger partial charge in [-0.15, -0.1) is 0 Å². The first-order chi connectivity index (χ1) is 8.79. The van der Waals surface area contributed by atoms with Crippen LogP contribution in [0.1, 0.15) is 24.7 Å². The molecule has 0 saturated carbocycles. The third-order valence-electron chi connectivity index (χ3n) is 2.93. The molecular formula is C14H20N4. The Kier molecular flexibility index (Phi) is 4.47. The fourth-order valence-electron chi connectivity index (χ4n) is 2.10. The van der Waals surface area contributed by atoms with Gasteiger partial charge in [-0.25, -0.2) is 4.98 Å². The van der Waals surface area contributed by atoms with Crippen molar-refractivity contribution in [1.29, 1.82) is 0 Å². The van der Waals surface area contributed by atoms with Gasteiger partial charge >= 0.3 is 0 Å². The lowest BCUT2D eigenvalue weighted by Crippen LogP contribution is -2.27. The Morgan fingerprint density at radius 1 is 1.33 bits per heavy atom. The van der Waals surface area contributed by atoms with Crippen LogP contribution in [0.2, 0.25) is 0 Å². The molecule has 4 nitrogen and oxygen atoms in total. The van der Waals surface area contributed by atoms with E-state index in [0.29, 0.717) is 0 Å². The maximum atomic E-state index is 6.18. The molecule has 2 aromatic heterocycles. The minimum Gasteiger partial charge on any atom is -0.335 e. The van der Waals surface area contributed by atoms with Gasteiger partial charge in [0.25, 0.3) is 0 Å². The predicted molar refractivity (Wildman–Crippen MR) is 72.1 cm³/mol. The van der Waals surface area contributed by atoms with Crippen LogP contribution in [0.3, 0.4) is 0 Å². The molecule has 2 rings (SSSR count).